The Kier molecular flexibility index (Phi) is 7.14. The summed E-state index contributed by atoms with van der Waals surface area (Å²) in [5.74, 6) is -0.253. The lowest BCUT2D eigenvalue weighted by Crippen LogP contribution is -2.44. The summed E-state index contributed by atoms with van der Waals surface area (Å²) in [7, 11) is -1.62. The number of halogens is 1. The van der Waals surface area contributed by atoms with Crippen molar-refractivity contribution in [2.75, 3.05) is 44.7 Å². The van der Waals surface area contributed by atoms with E-state index in [1.807, 2.05) is 4.57 Å². The molecule has 0 aliphatic carbocycles. The number of nitrogens with zero attached hydrogens (tertiary/aromatic N) is 8. The van der Waals surface area contributed by atoms with Crippen LogP contribution in [0.25, 0.3) is 11.4 Å². The Hall–Kier alpha value is -3.26. The molecular weight excluding hydrogens is 539 g/mol. The first-order chi connectivity index (χ1) is 18.9. The van der Waals surface area contributed by atoms with E-state index in [0.717, 1.165) is 53.8 Å². The van der Waals surface area contributed by atoms with Crippen LogP contribution in [0.3, 0.4) is 0 Å². The molecule has 1 fully saturated rings. The number of likely N-dealkylation sites (N-methyl/N-ethyl adjacent to an activating group) is 1. The van der Waals surface area contributed by atoms with Gasteiger partial charge in [0, 0.05) is 44.8 Å². The number of anilines is 1. The molecule has 204 valence electrons. The number of fused-ring (bicyclic) bond motifs is 1. The van der Waals surface area contributed by atoms with Crippen molar-refractivity contribution >= 4 is 26.5 Å². The van der Waals surface area contributed by atoms with E-state index in [-0.39, 0.29) is 16.6 Å². The van der Waals surface area contributed by atoms with Crippen molar-refractivity contribution in [2.24, 2.45) is 0 Å². The Morgan fingerprint density at radius 3 is 2.59 bits per heavy atom. The van der Waals surface area contributed by atoms with Gasteiger partial charge in [0.05, 0.1) is 42.3 Å². The summed E-state index contributed by atoms with van der Waals surface area (Å²) in [6, 6.07) is 6.49. The van der Waals surface area contributed by atoms with Crippen LogP contribution in [0.4, 0.5) is 9.52 Å². The first-order valence-electron chi connectivity index (χ1n) is 12.9. The normalized spacial score (nSPS) is 16.9. The van der Waals surface area contributed by atoms with E-state index in [2.05, 4.69) is 36.8 Å². The van der Waals surface area contributed by atoms with Gasteiger partial charge >= 0.3 is 0 Å². The fourth-order valence-corrected chi connectivity index (χ4v) is 7.72. The van der Waals surface area contributed by atoms with Crippen LogP contribution in [0.1, 0.15) is 16.8 Å². The van der Waals surface area contributed by atoms with Gasteiger partial charge in [-0.1, -0.05) is 23.5 Å². The first-order valence-corrected chi connectivity index (χ1v) is 15.1. The number of hydrogen-bond donors (Lipinski definition) is 0. The predicted octanol–water partition coefficient (Wildman–Crippen LogP) is 2.68. The van der Waals surface area contributed by atoms with Crippen LogP contribution in [-0.4, -0.2) is 81.9 Å². The fourth-order valence-electron chi connectivity index (χ4n) is 4.99. The highest BCUT2D eigenvalue weighted by Gasteiger charge is 2.33. The second kappa shape index (κ2) is 10.7. The largest absolute Gasteiger partial charge is 0.345 e. The van der Waals surface area contributed by atoms with Crippen LogP contribution in [0.2, 0.25) is 0 Å². The molecule has 3 aromatic heterocycles. The molecular formula is C26H29FN8O2S2. The number of thiazole rings is 1. The van der Waals surface area contributed by atoms with Crippen LogP contribution in [-0.2, 0) is 36.0 Å². The van der Waals surface area contributed by atoms with Gasteiger partial charge in [0.15, 0.2) is 9.34 Å². The molecule has 1 saturated heterocycles. The highest BCUT2D eigenvalue weighted by molar-refractivity contribution is 7.91. The van der Waals surface area contributed by atoms with Crippen molar-refractivity contribution in [3.8, 4) is 11.4 Å². The number of sulfonamides is 1. The van der Waals surface area contributed by atoms with Gasteiger partial charge < -0.3 is 14.4 Å². The minimum Gasteiger partial charge on any atom is -0.345 e. The molecule has 4 aromatic rings. The zero-order valence-corrected chi connectivity index (χ0v) is 23.2. The molecule has 13 heteroatoms. The van der Waals surface area contributed by atoms with E-state index in [1.165, 1.54) is 40.3 Å². The van der Waals surface area contributed by atoms with Crippen molar-refractivity contribution < 1.29 is 12.8 Å². The van der Waals surface area contributed by atoms with Crippen molar-refractivity contribution in [1.82, 2.24) is 33.7 Å². The smallest absolute Gasteiger partial charge is 0.254 e. The van der Waals surface area contributed by atoms with Gasteiger partial charge in [-0.2, -0.15) is 4.31 Å². The standard InChI is InChI=1S/C26H29FN8O2S2/c1-32-10-12-33(13-11-32)26-29-15-24(38-26)39(36,37)35-9-7-21-22(16-35)30-17-31-25(21)23-14-28-18-34(23)8-6-19-2-4-20(27)5-3-19/h2-5,14-15,17-18H,6-13,16H2,1H3. The molecule has 10 nitrogen and oxygen atoms in total. The van der Waals surface area contributed by atoms with Gasteiger partial charge in [0.25, 0.3) is 10.0 Å². The molecule has 2 aliphatic heterocycles. The Morgan fingerprint density at radius 1 is 1.00 bits per heavy atom. The Bertz CT molecular complexity index is 1560. The zero-order chi connectivity index (χ0) is 27.0. The average Bonchev–Trinajstić information content (AvgIpc) is 3.63. The molecule has 0 radical (unpaired) electrons. The third-order valence-corrected chi connectivity index (χ3v) is 10.7. The molecule has 39 heavy (non-hydrogen) atoms. The molecule has 0 bridgehead atoms. The Balaban J connectivity index is 1.19. The van der Waals surface area contributed by atoms with E-state index < -0.39 is 10.0 Å². The van der Waals surface area contributed by atoms with Crippen molar-refractivity contribution in [3.05, 3.63) is 72.0 Å². The predicted molar refractivity (Wildman–Crippen MR) is 146 cm³/mol. The molecule has 0 spiro atoms. The van der Waals surface area contributed by atoms with Crippen molar-refractivity contribution in [2.45, 2.75) is 30.1 Å². The maximum absolute atomic E-state index is 13.5. The van der Waals surface area contributed by atoms with E-state index >= 15 is 0 Å². The quantitative estimate of drug-likeness (QED) is 0.336. The van der Waals surface area contributed by atoms with Gasteiger partial charge in [0.1, 0.15) is 12.1 Å². The number of hydrogen-bond acceptors (Lipinski definition) is 9. The number of benzene rings is 1. The molecule has 0 N–H and O–H groups in total. The maximum atomic E-state index is 13.5. The summed E-state index contributed by atoms with van der Waals surface area (Å²) in [6.45, 7) is 4.69. The van der Waals surface area contributed by atoms with E-state index in [0.29, 0.717) is 31.6 Å². The topological polar surface area (TPSA) is 100 Å². The van der Waals surface area contributed by atoms with E-state index in [4.69, 9.17) is 0 Å². The lowest BCUT2D eigenvalue weighted by Gasteiger charge is -2.32. The number of imidazole rings is 1. The highest BCUT2D eigenvalue weighted by Crippen LogP contribution is 2.33. The third-order valence-electron chi connectivity index (χ3n) is 7.32. The summed E-state index contributed by atoms with van der Waals surface area (Å²) >= 11 is 1.23. The second-order valence-electron chi connectivity index (χ2n) is 9.84. The fraction of sp³-hybridized carbons (Fsp3) is 0.385. The van der Waals surface area contributed by atoms with Gasteiger partial charge in [-0.25, -0.2) is 32.7 Å². The zero-order valence-electron chi connectivity index (χ0n) is 21.6. The van der Waals surface area contributed by atoms with Gasteiger partial charge in [-0.05, 0) is 37.6 Å². The molecule has 0 atom stereocenters. The van der Waals surface area contributed by atoms with Gasteiger partial charge in [-0.3, -0.25) is 0 Å². The highest BCUT2D eigenvalue weighted by atomic mass is 32.2. The number of aryl methyl sites for hydroxylation is 2. The molecule has 5 heterocycles. The number of aromatic nitrogens is 5. The molecule has 0 amide bonds. The summed E-state index contributed by atoms with van der Waals surface area (Å²) in [5, 5.41) is 0.748. The van der Waals surface area contributed by atoms with Crippen LogP contribution in [0.15, 0.2) is 53.5 Å². The minimum absolute atomic E-state index is 0.179. The lowest BCUT2D eigenvalue weighted by molar-refractivity contribution is 0.313. The van der Waals surface area contributed by atoms with Gasteiger partial charge in [0.2, 0.25) is 0 Å². The SMILES string of the molecule is CN1CCN(c2ncc(S(=O)(=O)N3CCc4c(ncnc4-c4cncn4CCc4ccc(F)cc4)C3)s2)CC1. The summed E-state index contributed by atoms with van der Waals surface area (Å²) < 4.78 is 44.1. The van der Waals surface area contributed by atoms with Crippen LogP contribution >= 0.6 is 11.3 Å². The Morgan fingerprint density at radius 2 is 1.79 bits per heavy atom. The van der Waals surface area contributed by atoms with Crippen molar-refractivity contribution in [3.63, 3.8) is 0 Å². The monoisotopic (exact) mass is 568 g/mol. The lowest BCUT2D eigenvalue weighted by atomic mass is 10.0. The van der Waals surface area contributed by atoms with Crippen LogP contribution < -0.4 is 4.90 Å². The molecule has 6 rings (SSSR count). The number of rotatable bonds is 7. The van der Waals surface area contributed by atoms with Crippen LogP contribution in [0.5, 0.6) is 0 Å². The van der Waals surface area contributed by atoms with Crippen LogP contribution in [0, 0.1) is 5.82 Å². The molecule has 2 aliphatic rings. The maximum Gasteiger partial charge on any atom is 0.254 e. The summed E-state index contributed by atoms with van der Waals surface area (Å²) in [6.07, 6.45) is 7.71. The second-order valence-corrected chi connectivity index (χ2v) is 13.0. The number of piperazine rings is 1. The third kappa shape index (κ3) is 5.31. The minimum atomic E-state index is -3.70. The van der Waals surface area contributed by atoms with Crippen molar-refractivity contribution in [1.29, 1.82) is 0 Å². The first kappa shape index (κ1) is 26.0. The molecule has 0 saturated carbocycles. The molecule has 1 aromatic carbocycles. The summed E-state index contributed by atoms with van der Waals surface area (Å²) in [5.41, 5.74) is 4.29. The molecule has 0 unspecified atom stereocenters. The average molecular weight is 569 g/mol. The van der Waals surface area contributed by atoms with Gasteiger partial charge in [-0.15, -0.1) is 0 Å². The summed E-state index contributed by atoms with van der Waals surface area (Å²) in [4.78, 5) is 22.2. The Labute approximate surface area is 230 Å². The van der Waals surface area contributed by atoms with E-state index in [9.17, 15) is 12.8 Å². The van der Waals surface area contributed by atoms with E-state index in [1.54, 1.807) is 24.7 Å².